The summed E-state index contributed by atoms with van der Waals surface area (Å²) in [6, 6.07) is 13.9. The SMILES string of the molecule is Nc1ccc(F)cc1S(=O)CCSc1ccccc1. The van der Waals surface area contributed by atoms with Crippen molar-refractivity contribution in [2.45, 2.75) is 9.79 Å². The van der Waals surface area contributed by atoms with Gasteiger partial charge in [-0.3, -0.25) is 4.21 Å². The third-order valence-electron chi connectivity index (χ3n) is 2.50. The van der Waals surface area contributed by atoms with Gasteiger partial charge in [0.25, 0.3) is 0 Å². The van der Waals surface area contributed by atoms with Crippen LogP contribution < -0.4 is 5.73 Å². The summed E-state index contributed by atoms with van der Waals surface area (Å²) in [5, 5.41) is 0. The fourth-order valence-electron chi connectivity index (χ4n) is 1.57. The van der Waals surface area contributed by atoms with E-state index in [1.54, 1.807) is 11.8 Å². The van der Waals surface area contributed by atoms with Crippen LogP contribution in [0.25, 0.3) is 0 Å². The predicted octanol–water partition coefficient (Wildman–Crippen LogP) is 3.31. The highest BCUT2D eigenvalue weighted by atomic mass is 32.2. The lowest BCUT2D eigenvalue weighted by atomic mass is 10.3. The van der Waals surface area contributed by atoms with Gasteiger partial charge >= 0.3 is 0 Å². The lowest BCUT2D eigenvalue weighted by molar-refractivity contribution is 0.623. The van der Waals surface area contributed by atoms with Gasteiger partial charge in [0.1, 0.15) is 5.82 Å². The molecule has 0 saturated carbocycles. The molecule has 1 atom stereocenters. The number of nitrogens with two attached hydrogens (primary N) is 1. The van der Waals surface area contributed by atoms with E-state index < -0.39 is 16.6 Å². The Balaban J connectivity index is 1.93. The van der Waals surface area contributed by atoms with E-state index >= 15 is 0 Å². The highest BCUT2D eigenvalue weighted by Crippen LogP contribution is 2.21. The van der Waals surface area contributed by atoms with Crippen molar-refractivity contribution in [2.24, 2.45) is 0 Å². The minimum absolute atomic E-state index is 0.379. The molecule has 0 aliphatic rings. The van der Waals surface area contributed by atoms with Crippen LogP contribution in [0, 0.1) is 5.82 Å². The van der Waals surface area contributed by atoms with Crippen molar-refractivity contribution in [1.82, 2.24) is 0 Å². The molecule has 0 aliphatic heterocycles. The normalized spacial score (nSPS) is 12.3. The summed E-state index contributed by atoms with van der Waals surface area (Å²) in [4.78, 5) is 1.51. The van der Waals surface area contributed by atoms with Gasteiger partial charge in [0.15, 0.2) is 0 Å². The van der Waals surface area contributed by atoms with Crippen LogP contribution in [0.4, 0.5) is 10.1 Å². The second kappa shape index (κ2) is 6.73. The zero-order chi connectivity index (χ0) is 13.7. The van der Waals surface area contributed by atoms with Crippen LogP contribution in [0.5, 0.6) is 0 Å². The summed E-state index contributed by atoms with van der Waals surface area (Å²) in [6.45, 7) is 0. The average Bonchev–Trinajstić information content (AvgIpc) is 2.42. The Labute approximate surface area is 118 Å². The summed E-state index contributed by atoms with van der Waals surface area (Å²) in [5.41, 5.74) is 6.09. The molecule has 0 fully saturated rings. The molecule has 0 amide bonds. The predicted molar refractivity (Wildman–Crippen MR) is 79.3 cm³/mol. The number of hydrogen-bond donors (Lipinski definition) is 1. The maximum Gasteiger partial charge on any atom is 0.124 e. The Morgan fingerprint density at radius 1 is 1.16 bits per heavy atom. The number of hydrogen-bond acceptors (Lipinski definition) is 3. The Kier molecular flexibility index (Phi) is 4.99. The lowest BCUT2D eigenvalue weighted by Gasteiger charge is -2.06. The van der Waals surface area contributed by atoms with E-state index in [9.17, 15) is 8.60 Å². The molecule has 2 N–H and O–H groups in total. The molecule has 2 nitrogen and oxygen atoms in total. The highest BCUT2D eigenvalue weighted by Gasteiger charge is 2.09. The molecule has 0 bridgehead atoms. The summed E-state index contributed by atoms with van der Waals surface area (Å²) < 4.78 is 25.2. The van der Waals surface area contributed by atoms with Crippen LogP contribution in [0.1, 0.15) is 0 Å². The number of nitrogen functional groups attached to an aromatic ring is 1. The number of thioether (sulfide) groups is 1. The van der Waals surface area contributed by atoms with Gasteiger partial charge in [0.2, 0.25) is 0 Å². The molecule has 100 valence electrons. The minimum atomic E-state index is -1.26. The van der Waals surface area contributed by atoms with Crippen molar-refractivity contribution >= 4 is 28.2 Å². The smallest absolute Gasteiger partial charge is 0.124 e. The van der Waals surface area contributed by atoms with Crippen LogP contribution in [-0.2, 0) is 10.8 Å². The topological polar surface area (TPSA) is 43.1 Å². The molecule has 19 heavy (non-hydrogen) atoms. The first-order valence-electron chi connectivity index (χ1n) is 5.78. The van der Waals surface area contributed by atoms with Gasteiger partial charge in [0, 0.05) is 22.1 Å². The van der Waals surface area contributed by atoms with Crippen molar-refractivity contribution in [1.29, 1.82) is 0 Å². The monoisotopic (exact) mass is 295 g/mol. The number of benzene rings is 2. The molecule has 2 rings (SSSR count). The fraction of sp³-hybridized carbons (Fsp3) is 0.143. The van der Waals surface area contributed by atoms with Gasteiger partial charge in [-0.05, 0) is 30.3 Å². The largest absolute Gasteiger partial charge is 0.398 e. The minimum Gasteiger partial charge on any atom is -0.398 e. The second-order valence-corrected chi connectivity index (χ2v) is 6.60. The molecule has 0 saturated heterocycles. The Bertz CT molecular complexity index is 575. The molecule has 0 heterocycles. The van der Waals surface area contributed by atoms with E-state index in [1.165, 1.54) is 18.2 Å². The molecule has 0 spiro atoms. The van der Waals surface area contributed by atoms with Crippen molar-refractivity contribution in [3.8, 4) is 0 Å². The quantitative estimate of drug-likeness (QED) is 0.680. The number of rotatable bonds is 5. The van der Waals surface area contributed by atoms with Crippen molar-refractivity contribution in [3.05, 3.63) is 54.3 Å². The van der Waals surface area contributed by atoms with Crippen LogP contribution in [0.3, 0.4) is 0 Å². The zero-order valence-corrected chi connectivity index (χ0v) is 11.8. The molecule has 2 aromatic rings. The van der Waals surface area contributed by atoms with Crippen LogP contribution in [0.15, 0.2) is 58.3 Å². The molecular weight excluding hydrogens is 281 g/mol. The molecule has 0 aromatic heterocycles. The Morgan fingerprint density at radius 3 is 2.63 bits per heavy atom. The van der Waals surface area contributed by atoms with Crippen LogP contribution in [-0.4, -0.2) is 15.7 Å². The zero-order valence-electron chi connectivity index (χ0n) is 10.2. The van der Waals surface area contributed by atoms with E-state index in [1.807, 2.05) is 30.3 Å². The molecule has 1 unspecified atom stereocenters. The first-order chi connectivity index (χ1) is 9.16. The lowest BCUT2D eigenvalue weighted by Crippen LogP contribution is -2.04. The van der Waals surface area contributed by atoms with Gasteiger partial charge in [0.05, 0.1) is 15.7 Å². The molecule has 0 aliphatic carbocycles. The summed E-state index contributed by atoms with van der Waals surface area (Å²) in [6.07, 6.45) is 0. The molecular formula is C14H14FNOS2. The van der Waals surface area contributed by atoms with Crippen molar-refractivity contribution in [3.63, 3.8) is 0 Å². The summed E-state index contributed by atoms with van der Waals surface area (Å²) in [5.74, 6) is 0.744. The van der Waals surface area contributed by atoms with E-state index in [2.05, 4.69) is 0 Å². The maximum absolute atomic E-state index is 13.1. The van der Waals surface area contributed by atoms with E-state index in [-0.39, 0.29) is 0 Å². The van der Waals surface area contributed by atoms with Gasteiger partial charge < -0.3 is 5.73 Å². The third kappa shape index (κ3) is 4.08. The van der Waals surface area contributed by atoms with Gasteiger partial charge in [-0.2, -0.15) is 0 Å². The van der Waals surface area contributed by atoms with E-state index in [0.717, 1.165) is 4.90 Å². The number of halogens is 1. The van der Waals surface area contributed by atoms with Crippen molar-refractivity contribution in [2.75, 3.05) is 17.2 Å². The fourth-order valence-corrected chi connectivity index (χ4v) is 3.89. The number of anilines is 1. The summed E-state index contributed by atoms with van der Waals surface area (Å²) in [7, 11) is -1.26. The van der Waals surface area contributed by atoms with Gasteiger partial charge in [-0.15, -0.1) is 11.8 Å². The molecule has 0 radical (unpaired) electrons. The maximum atomic E-state index is 13.1. The molecule has 2 aromatic carbocycles. The van der Waals surface area contributed by atoms with Gasteiger partial charge in [-0.25, -0.2) is 4.39 Å². The average molecular weight is 295 g/mol. The van der Waals surface area contributed by atoms with Crippen LogP contribution >= 0.6 is 11.8 Å². The van der Waals surface area contributed by atoms with Crippen LogP contribution in [0.2, 0.25) is 0 Å². The van der Waals surface area contributed by atoms with E-state index in [0.29, 0.717) is 22.1 Å². The third-order valence-corrected chi connectivity index (χ3v) is 5.19. The standard InChI is InChI=1S/C14H14FNOS2/c15-11-6-7-13(16)14(10-11)19(17)9-8-18-12-4-2-1-3-5-12/h1-7,10H,8-9,16H2. The first kappa shape index (κ1) is 14.1. The molecule has 5 heteroatoms. The summed E-state index contributed by atoms with van der Waals surface area (Å²) >= 11 is 1.63. The first-order valence-corrected chi connectivity index (χ1v) is 8.08. The van der Waals surface area contributed by atoms with E-state index in [4.69, 9.17) is 5.73 Å². The Morgan fingerprint density at radius 2 is 1.89 bits per heavy atom. The Hall–Kier alpha value is -1.33. The highest BCUT2D eigenvalue weighted by molar-refractivity contribution is 8.00. The van der Waals surface area contributed by atoms with Gasteiger partial charge in [-0.1, -0.05) is 18.2 Å². The second-order valence-electron chi connectivity index (χ2n) is 3.89. The van der Waals surface area contributed by atoms with Crippen molar-refractivity contribution < 1.29 is 8.60 Å².